The van der Waals surface area contributed by atoms with E-state index in [1.807, 2.05) is 0 Å². The van der Waals surface area contributed by atoms with Gasteiger partial charge in [-0.3, -0.25) is 4.90 Å². The van der Waals surface area contributed by atoms with E-state index in [4.69, 9.17) is 4.74 Å². The molecule has 0 atom stereocenters. The second kappa shape index (κ2) is 6.71. The van der Waals surface area contributed by atoms with E-state index in [9.17, 15) is 4.39 Å². The minimum atomic E-state index is -0.228. The molecule has 2 rings (SSSR count). The summed E-state index contributed by atoms with van der Waals surface area (Å²) in [7, 11) is 2.14. The van der Waals surface area contributed by atoms with Crippen molar-refractivity contribution in [2.24, 2.45) is 0 Å². The van der Waals surface area contributed by atoms with E-state index in [0.717, 1.165) is 25.4 Å². The molecule has 0 unspecified atom stereocenters. The third kappa shape index (κ3) is 3.96. The monoisotopic (exact) mass is 252 g/mol. The fourth-order valence-corrected chi connectivity index (χ4v) is 2.27. The Labute approximate surface area is 108 Å². The van der Waals surface area contributed by atoms with Crippen LogP contribution >= 0.6 is 0 Å². The van der Waals surface area contributed by atoms with Gasteiger partial charge in [0.2, 0.25) is 0 Å². The van der Waals surface area contributed by atoms with Crippen LogP contribution in [0.4, 0.5) is 4.39 Å². The van der Waals surface area contributed by atoms with Crippen LogP contribution in [0.15, 0.2) is 24.3 Å². The summed E-state index contributed by atoms with van der Waals surface area (Å²) in [5, 5.41) is 3.36. The maximum Gasteiger partial charge on any atom is 0.123 e. The first-order valence-corrected chi connectivity index (χ1v) is 6.55. The molecule has 100 valence electrons. The van der Waals surface area contributed by atoms with Gasteiger partial charge in [0.05, 0.1) is 0 Å². The minimum Gasteiger partial charge on any atom is -0.492 e. The molecule has 1 aromatic carbocycles. The first-order chi connectivity index (χ1) is 8.75. The zero-order chi connectivity index (χ0) is 12.8. The molecular formula is C14H21FN2O. The van der Waals surface area contributed by atoms with Gasteiger partial charge < -0.3 is 10.1 Å². The molecule has 0 bridgehead atoms. The minimum absolute atomic E-state index is 0.228. The standard InChI is InChI=1S/C14H21FN2O/c1-17(13-6-8-16-9-7-13)10-11-18-14-4-2-12(15)3-5-14/h2-5,13,16H,6-11H2,1H3. The average Bonchev–Trinajstić information content (AvgIpc) is 2.42. The van der Waals surface area contributed by atoms with Crippen molar-refractivity contribution in [1.29, 1.82) is 0 Å². The molecule has 1 fully saturated rings. The van der Waals surface area contributed by atoms with Crippen LogP contribution in [0, 0.1) is 5.82 Å². The van der Waals surface area contributed by atoms with Crippen molar-refractivity contribution in [3.63, 3.8) is 0 Å². The number of piperidine rings is 1. The van der Waals surface area contributed by atoms with Crippen LogP contribution in [0.5, 0.6) is 5.75 Å². The molecule has 0 radical (unpaired) electrons. The Bertz CT molecular complexity index is 349. The maximum absolute atomic E-state index is 12.7. The van der Waals surface area contributed by atoms with Gasteiger partial charge in [-0.15, -0.1) is 0 Å². The van der Waals surface area contributed by atoms with Crippen molar-refractivity contribution < 1.29 is 9.13 Å². The first-order valence-electron chi connectivity index (χ1n) is 6.55. The average molecular weight is 252 g/mol. The Balaban J connectivity index is 1.69. The van der Waals surface area contributed by atoms with E-state index in [1.54, 1.807) is 12.1 Å². The van der Waals surface area contributed by atoms with Gasteiger partial charge in [-0.25, -0.2) is 4.39 Å². The van der Waals surface area contributed by atoms with Gasteiger partial charge in [-0.05, 0) is 57.2 Å². The molecule has 3 nitrogen and oxygen atoms in total. The fourth-order valence-electron chi connectivity index (χ4n) is 2.27. The Morgan fingerprint density at radius 3 is 2.61 bits per heavy atom. The van der Waals surface area contributed by atoms with Gasteiger partial charge in [0.1, 0.15) is 18.2 Å². The molecule has 1 aromatic rings. The molecule has 0 spiro atoms. The Hall–Kier alpha value is -1.13. The summed E-state index contributed by atoms with van der Waals surface area (Å²) in [6.07, 6.45) is 2.40. The Morgan fingerprint density at radius 2 is 1.94 bits per heavy atom. The molecule has 1 aliphatic heterocycles. The molecule has 4 heteroatoms. The summed E-state index contributed by atoms with van der Waals surface area (Å²) in [5.74, 6) is 0.504. The number of nitrogens with one attached hydrogen (secondary N) is 1. The summed E-state index contributed by atoms with van der Waals surface area (Å²) >= 11 is 0. The molecule has 0 saturated carbocycles. The summed E-state index contributed by atoms with van der Waals surface area (Å²) in [6, 6.07) is 6.83. The molecule has 0 aromatic heterocycles. The highest BCUT2D eigenvalue weighted by Crippen LogP contribution is 2.12. The number of halogens is 1. The predicted molar refractivity (Wildman–Crippen MR) is 70.4 cm³/mol. The van der Waals surface area contributed by atoms with E-state index < -0.39 is 0 Å². The summed E-state index contributed by atoms with van der Waals surface area (Å²) in [6.45, 7) is 3.76. The van der Waals surface area contributed by atoms with E-state index >= 15 is 0 Å². The zero-order valence-electron chi connectivity index (χ0n) is 10.9. The van der Waals surface area contributed by atoms with E-state index in [2.05, 4.69) is 17.3 Å². The smallest absolute Gasteiger partial charge is 0.123 e. The number of nitrogens with zero attached hydrogens (tertiary/aromatic N) is 1. The van der Waals surface area contributed by atoms with Crippen molar-refractivity contribution in [1.82, 2.24) is 10.2 Å². The summed E-state index contributed by atoms with van der Waals surface area (Å²) in [5.41, 5.74) is 0. The Kier molecular flexibility index (Phi) is 4.96. The van der Waals surface area contributed by atoms with Gasteiger partial charge in [-0.2, -0.15) is 0 Å². The van der Waals surface area contributed by atoms with Crippen molar-refractivity contribution in [2.45, 2.75) is 18.9 Å². The van der Waals surface area contributed by atoms with Crippen molar-refractivity contribution in [3.8, 4) is 5.75 Å². The summed E-state index contributed by atoms with van der Waals surface area (Å²) in [4.78, 5) is 2.35. The second-order valence-corrected chi connectivity index (χ2v) is 4.76. The van der Waals surface area contributed by atoms with Gasteiger partial charge in [0.25, 0.3) is 0 Å². The van der Waals surface area contributed by atoms with Crippen LogP contribution in [-0.4, -0.2) is 44.2 Å². The van der Waals surface area contributed by atoms with Crippen LogP contribution in [0.2, 0.25) is 0 Å². The predicted octanol–water partition coefficient (Wildman–Crippen LogP) is 1.89. The maximum atomic E-state index is 12.7. The molecule has 1 saturated heterocycles. The molecule has 0 amide bonds. The SMILES string of the molecule is CN(CCOc1ccc(F)cc1)C1CCNCC1. The lowest BCUT2D eigenvalue weighted by atomic mass is 10.1. The quantitative estimate of drug-likeness (QED) is 0.866. The lowest BCUT2D eigenvalue weighted by Gasteiger charge is -2.31. The lowest BCUT2D eigenvalue weighted by Crippen LogP contribution is -2.42. The van der Waals surface area contributed by atoms with Crippen molar-refractivity contribution in [2.75, 3.05) is 33.3 Å². The van der Waals surface area contributed by atoms with Gasteiger partial charge in [-0.1, -0.05) is 0 Å². The van der Waals surface area contributed by atoms with E-state index in [0.29, 0.717) is 12.6 Å². The van der Waals surface area contributed by atoms with Crippen molar-refractivity contribution >= 4 is 0 Å². The van der Waals surface area contributed by atoms with Gasteiger partial charge >= 0.3 is 0 Å². The number of ether oxygens (including phenoxy) is 1. The van der Waals surface area contributed by atoms with Gasteiger partial charge in [0, 0.05) is 12.6 Å². The normalized spacial score (nSPS) is 17.1. The molecule has 18 heavy (non-hydrogen) atoms. The second-order valence-electron chi connectivity index (χ2n) is 4.76. The van der Waals surface area contributed by atoms with Crippen LogP contribution < -0.4 is 10.1 Å². The number of rotatable bonds is 5. The number of likely N-dealkylation sites (N-methyl/N-ethyl adjacent to an activating group) is 1. The number of benzene rings is 1. The lowest BCUT2D eigenvalue weighted by molar-refractivity contribution is 0.165. The highest BCUT2D eigenvalue weighted by molar-refractivity contribution is 5.21. The van der Waals surface area contributed by atoms with E-state index in [1.165, 1.54) is 25.0 Å². The molecule has 1 N–H and O–H groups in total. The topological polar surface area (TPSA) is 24.5 Å². The molecule has 1 heterocycles. The molecule has 1 aliphatic rings. The van der Waals surface area contributed by atoms with Crippen LogP contribution in [0.3, 0.4) is 0 Å². The number of hydrogen-bond donors (Lipinski definition) is 1. The molecular weight excluding hydrogens is 231 g/mol. The molecule has 0 aliphatic carbocycles. The first kappa shape index (κ1) is 13.3. The van der Waals surface area contributed by atoms with Gasteiger partial charge in [0.15, 0.2) is 0 Å². The largest absolute Gasteiger partial charge is 0.492 e. The highest BCUT2D eigenvalue weighted by atomic mass is 19.1. The fraction of sp³-hybridized carbons (Fsp3) is 0.571. The highest BCUT2D eigenvalue weighted by Gasteiger charge is 2.17. The van der Waals surface area contributed by atoms with Crippen molar-refractivity contribution in [3.05, 3.63) is 30.1 Å². The van der Waals surface area contributed by atoms with Crippen LogP contribution in [0.1, 0.15) is 12.8 Å². The Morgan fingerprint density at radius 1 is 1.28 bits per heavy atom. The third-order valence-electron chi connectivity index (χ3n) is 3.46. The van der Waals surface area contributed by atoms with E-state index in [-0.39, 0.29) is 5.82 Å². The van der Waals surface area contributed by atoms with Crippen LogP contribution in [0.25, 0.3) is 0 Å². The third-order valence-corrected chi connectivity index (χ3v) is 3.46. The summed E-state index contributed by atoms with van der Waals surface area (Å²) < 4.78 is 18.3. The number of hydrogen-bond acceptors (Lipinski definition) is 3. The zero-order valence-corrected chi connectivity index (χ0v) is 10.9. The van der Waals surface area contributed by atoms with Crippen LogP contribution in [-0.2, 0) is 0 Å².